The molecule has 0 unspecified atom stereocenters. The number of benzene rings is 4. The molecule has 0 spiro atoms. The number of anilines is 2. The first-order valence-corrected chi connectivity index (χ1v) is 12.5. The molecule has 1 amide bonds. The lowest BCUT2D eigenvalue weighted by Crippen LogP contribution is -2.19. The van der Waals surface area contributed by atoms with Gasteiger partial charge in [0.2, 0.25) is 0 Å². The Morgan fingerprint density at radius 1 is 0.743 bits per heavy atom. The van der Waals surface area contributed by atoms with Crippen molar-refractivity contribution in [1.82, 2.24) is 0 Å². The fourth-order valence-electron chi connectivity index (χ4n) is 3.48. The molecule has 35 heavy (non-hydrogen) atoms. The molecule has 0 bridgehead atoms. The van der Waals surface area contributed by atoms with E-state index in [0.717, 1.165) is 5.56 Å². The minimum atomic E-state index is -3.96. The zero-order chi connectivity index (χ0) is 25.0. The lowest BCUT2D eigenvalue weighted by molar-refractivity contribution is 0.102. The highest BCUT2D eigenvalue weighted by molar-refractivity contribution is 7.92. The lowest BCUT2D eigenvalue weighted by atomic mass is 9.99. The Labute approximate surface area is 208 Å². The van der Waals surface area contributed by atoms with Crippen LogP contribution in [0.25, 0.3) is 0 Å². The number of amides is 1. The van der Waals surface area contributed by atoms with Crippen LogP contribution in [0.5, 0.6) is 0 Å². The van der Waals surface area contributed by atoms with Gasteiger partial charge in [0, 0.05) is 16.1 Å². The van der Waals surface area contributed by atoms with Crippen LogP contribution in [0.1, 0.15) is 31.8 Å². The average molecular weight is 505 g/mol. The van der Waals surface area contributed by atoms with Gasteiger partial charge in [-0.25, -0.2) is 8.42 Å². The highest BCUT2D eigenvalue weighted by Gasteiger charge is 2.21. The second-order valence-corrected chi connectivity index (χ2v) is 9.92. The first-order chi connectivity index (χ1) is 16.7. The van der Waals surface area contributed by atoms with Crippen molar-refractivity contribution in [3.8, 4) is 0 Å². The van der Waals surface area contributed by atoms with Gasteiger partial charge in [-0.1, -0.05) is 65.7 Å². The normalized spacial score (nSPS) is 11.0. The number of carbonyl (C=O) groups excluding carboxylic acids is 2. The quantitative estimate of drug-likeness (QED) is 0.305. The molecule has 0 radical (unpaired) electrons. The number of ketones is 1. The molecular weight excluding hydrogens is 484 g/mol. The van der Waals surface area contributed by atoms with Gasteiger partial charge in [0.15, 0.2) is 5.78 Å². The molecular formula is C27H21ClN2O4S. The van der Waals surface area contributed by atoms with E-state index in [2.05, 4.69) is 10.0 Å². The molecule has 0 heterocycles. The summed E-state index contributed by atoms with van der Waals surface area (Å²) >= 11 is 5.86. The minimum Gasteiger partial charge on any atom is -0.321 e. The SMILES string of the molecule is Cc1ccc(NC(=O)c2ccccc2NS(=O)(=O)c2ccc(Cl)cc2)c(C(=O)c2ccccc2)c1. The molecule has 0 aromatic heterocycles. The van der Waals surface area contributed by atoms with Gasteiger partial charge in [-0.2, -0.15) is 0 Å². The van der Waals surface area contributed by atoms with E-state index in [1.165, 1.54) is 36.4 Å². The summed E-state index contributed by atoms with van der Waals surface area (Å²) in [5.74, 6) is -0.799. The molecule has 0 fully saturated rings. The van der Waals surface area contributed by atoms with Crippen molar-refractivity contribution in [2.75, 3.05) is 10.0 Å². The van der Waals surface area contributed by atoms with Crippen molar-refractivity contribution < 1.29 is 18.0 Å². The number of carbonyl (C=O) groups is 2. The van der Waals surface area contributed by atoms with Crippen LogP contribution in [-0.4, -0.2) is 20.1 Å². The Kier molecular flexibility index (Phi) is 7.00. The molecule has 0 saturated heterocycles. The molecule has 0 atom stereocenters. The van der Waals surface area contributed by atoms with Gasteiger partial charge in [-0.15, -0.1) is 0 Å². The van der Waals surface area contributed by atoms with Crippen LogP contribution >= 0.6 is 11.6 Å². The van der Waals surface area contributed by atoms with Gasteiger partial charge in [0.1, 0.15) is 0 Å². The third kappa shape index (κ3) is 5.59. The number of hydrogen-bond acceptors (Lipinski definition) is 4. The summed E-state index contributed by atoms with van der Waals surface area (Å²) in [5.41, 5.74) is 2.21. The number of hydrogen-bond donors (Lipinski definition) is 2. The zero-order valence-corrected chi connectivity index (χ0v) is 20.2. The number of para-hydroxylation sites is 1. The molecule has 0 aliphatic carbocycles. The molecule has 176 valence electrons. The van der Waals surface area contributed by atoms with Crippen LogP contribution in [0.4, 0.5) is 11.4 Å². The molecule has 2 N–H and O–H groups in total. The highest BCUT2D eigenvalue weighted by Crippen LogP contribution is 2.25. The van der Waals surface area contributed by atoms with Crippen molar-refractivity contribution >= 4 is 44.7 Å². The molecule has 0 aliphatic heterocycles. The lowest BCUT2D eigenvalue weighted by Gasteiger charge is -2.15. The Balaban J connectivity index is 1.64. The van der Waals surface area contributed by atoms with Crippen LogP contribution in [0.3, 0.4) is 0 Å². The van der Waals surface area contributed by atoms with Crippen LogP contribution < -0.4 is 10.0 Å². The van der Waals surface area contributed by atoms with Gasteiger partial charge in [-0.3, -0.25) is 14.3 Å². The maximum Gasteiger partial charge on any atom is 0.261 e. The van der Waals surface area contributed by atoms with E-state index in [9.17, 15) is 18.0 Å². The molecule has 8 heteroatoms. The van der Waals surface area contributed by atoms with E-state index < -0.39 is 15.9 Å². The van der Waals surface area contributed by atoms with E-state index in [4.69, 9.17) is 11.6 Å². The largest absolute Gasteiger partial charge is 0.321 e. The van der Waals surface area contributed by atoms with E-state index in [1.807, 2.05) is 13.0 Å². The van der Waals surface area contributed by atoms with E-state index in [-0.39, 0.29) is 21.9 Å². The first kappa shape index (κ1) is 24.2. The summed E-state index contributed by atoms with van der Waals surface area (Å²) in [7, 11) is -3.96. The monoisotopic (exact) mass is 504 g/mol. The summed E-state index contributed by atoms with van der Waals surface area (Å²) in [4.78, 5) is 26.3. The molecule has 4 aromatic rings. The number of rotatable bonds is 7. The topological polar surface area (TPSA) is 92.3 Å². The van der Waals surface area contributed by atoms with Gasteiger partial charge in [-0.05, 0) is 55.5 Å². The predicted octanol–water partition coefficient (Wildman–Crippen LogP) is 5.93. The van der Waals surface area contributed by atoms with Gasteiger partial charge in [0.25, 0.3) is 15.9 Å². The average Bonchev–Trinajstić information content (AvgIpc) is 2.85. The summed E-state index contributed by atoms with van der Waals surface area (Å²) in [6.45, 7) is 1.86. The maximum atomic E-state index is 13.2. The van der Waals surface area contributed by atoms with Gasteiger partial charge in [0.05, 0.1) is 21.8 Å². The van der Waals surface area contributed by atoms with Crippen molar-refractivity contribution in [3.63, 3.8) is 0 Å². The fraction of sp³-hybridized carbons (Fsp3) is 0.0370. The summed E-state index contributed by atoms with van der Waals surface area (Å²) in [6, 6.07) is 25.8. The number of halogens is 1. The predicted molar refractivity (Wildman–Crippen MR) is 138 cm³/mol. The second kappa shape index (κ2) is 10.1. The molecule has 0 aliphatic rings. The van der Waals surface area contributed by atoms with Crippen LogP contribution in [0.15, 0.2) is 102 Å². The van der Waals surface area contributed by atoms with E-state index >= 15 is 0 Å². The number of nitrogens with one attached hydrogen (secondary N) is 2. The maximum absolute atomic E-state index is 13.2. The fourth-order valence-corrected chi connectivity index (χ4v) is 4.68. The highest BCUT2D eigenvalue weighted by atomic mass is 35.5. The standard InChI is InChI=1S/C27H21ClN2O4S/c1-18-11-16-24(23(17-18)26(31)19-7-3-2-4-8-19)29-27(32)22-9-5-6-10-25(22)30-35(33,34)21-14-12-20(28)13-15-21/h2-17,30H,1H3,(H,29,32). The van der Waals surface area contributed by atoms with Gasteiger partial charge >= 0.3 is 0 Å². The molecule has 4 aromatic carbocycles. The summed E-state index contributed by atoms with van der Waals surface area (Å²) < 4.78 is 28.2. The molecule has 6 nitrogen and oxygen atoms in total. The Hall–Kier alpha value is -3.94. The Bertz CT molecular complexity index is 1500. The zero-order valence-electron chi connectivity index (χ0n) is 18.7. The summed E-state index contributed by atoms with van der Waals surface area (Å²) in [5, 5.41) is 3.17. The Morgan fingerprint density at radius 3 is 2.11 bits per heavy atom. The molecule has 4 rings (SSSR count). The van der Waals surface area contributed by atoms with E-state index in [0.29, 0.717) is 21.8 Å². The summed E-state index contributed by atoms with van der Waals surface area (Å²) in [6.07, 6.45) is 0. The second-order valence-electron chi connectivity index (χ2n) is 7.80. The number of aryl methyl sites for hydroxylation is 1. The van der Waals surface area contributed by atoms with Crippen molar-refractivity contribution in [2.45, 2.75) is 11.8 Å². The number of sulfonamides is 1. The first-order valence-electron chi connectivity index (χ1n) is 10.6. The van der Waals surface area contributed by atoms with Crippen LogP contribution in [-0.2, 0) is 10.0 Å². The third-order valence-corrected chi connectivity index (χ3v) is 6.88. The van der Waals surface area contributed by atoms with Gasteiger partial charge < -0.3 is 5.32 Å². The van der Waals surface area contributed by atoms with Crippen LogP contribution in [0, 0.1) is 6.92 Å². The van der Waals surface area contributed by atoms with Crippen molar-refractivity contribution in [3.05, 3.63) is 124 Å². The Morgan fingerprint density at radius 2 is 1.40 bits per heavy atom. The third-order valence-electron chi connectivity index (χ3n) is 5.24. The minimum absolute atomic E-state index is 0.00592. The van der Waals surface area contributed by atoms with Crippen molar-refractivity contribution in [2.24, 2.45) is 0 Å². The molecule has 0 saturated carbocycles. The van der Waals surface area contributed by atoms with E-state index in [1.54, 1.807) is 54.6 Å². The van der Waals surface area contributed by atoms with Crippen molar-refractivity contribution in [1.29, 1.82) is 0 Å². The van der Waals surface area contributed by atoms with Crippen LogP contribution in [0.2, 0.25) is 5.02 Å². The smallest absolute Gasteiger partial charge is 0.261 e.